The first-order valence-electron chi connectivity index (χ1n) is 16.6. The number of hydrogen-bond donors (Lipinski definition) is 2. The summed E-state index contributed by atoms with van der Waals surface area (Å²) in [6, 6.07) is 9.10. The van der Waals surface area contributed by atoms with Gasteiger partial charge in [-0.3, -0.25) is 0 Å². The summed E-state index contributed by atoms with van der Waals surface area (Å²) in [6.07, 6.45) is 10.4. The highest BCUT2D eigenvalue weighted by Gasteiger charge is 2.67. The van der Waals surface area contributed by atoms with Crippen molar-refractivity contribution >= 4 is 5.97 Å². The van der Waals surface area contributed by atoms with Crippen LogP contribution in [0.3, 0.4) is 0 Å². The lowest BCUT2D eigenvalue weighted by molar-refractivity contribution is -0.264. The molecule has 224 valence electrons. The van der Waals surface area contributed by atoms with E-state index in [0.29, 0.717) is 41.6 Å². The number of carbonyl (C=O) groups is 1. The van der Waals surface area contributed by atoms with Crippen molar-refractivity contribution in [1.29, 1.82) is 0 Å². The highest BCUT2D eigenvalue weighted by Crippen LogP contribution is 2.69. The van der Waals surface area contributed by atoms with E-state index in [9.17, 15) is 15.0 Å². The number of hydrogen-bond acceptors (Lipinski definition) is 4. The molecule has 4 aliphatic carbocycles. The molecule has 4 heteroatoms. The van der Waals surface area contributed by atoms with Crippen molar-refractivity contribution in [3.63, 3.8) is 0 Å². The van der Waals surface area contributed by atoms with E-state index in [0.717, 1.165) is 42.9 Å². The lowest BCUT2D eigenvalue weighted by Crippen LogP contribution is -2.68. The quantitative estimate of drug-likeness (QED) is 0.320. The zero-order valence-electron chi connectivity index (χ0n) is 26.1. The molecule has 0 aliphatic heterocycles. The maximum Gasteiger partial charge on any atom is 0.338 e. The van der Waals surface area contributed by atoms with Crippen LogP contribution < -0.4 is 0 Å². The van der Waals surface area contributed by atoms with Crippen LogP contribution in [0.1, 0.15) is 123 Å². The molecular weight excluding hydrogens is 496 g/mol. The summed E-state index contributed by atoms with van der Waals surface area (Å²) in [7, 11) is 0. The first-order valence-corrected chi connectivity index (χ1v) is 16.6. The molecule has 0 aromatic heterocycles. The Morgan fingerprint density at radius 2 is 1.73 bits per heavy atom. The van der Waals surface area contributed by atoms with Gasteiger partial charge in [0.05, 0.1) is 17.3 Å². The first kappa shape index (κ1) is 30.1. The van der Waals surface area contributed by atoms with Crippen LogP contribution in [0, 0.1) is 52.3 Å². The van der Waals surface area contributed by atoms with Gasteiger partial charge in [0, 0.05) is 11.8 Å². The molecular formula is C36H56O4. The second-order valence-corrected chi connectivity index (χ2v) is 15.3. The van der Waals surface area contributed by atoms with Gasteiger partial charge in [0.1, 0.15) is 6.10 Å². The molecule has 4 saturated carbocycles. The van der Waals surface area contributed by atoms with Crippen LogP contribution in [0.5, 0.6) is 0 Å². The van der Waals surface area contributed by atoms with E-state index in [2.05, 4.69) is 41.5 Å². The van der Waals surface area contributed by atoms with E-state index in [1.165, 1.54) is 38.5 Å². The van der Waals surface area contributed by atoms with Crippen LogP contribution in [0.2, 0.25) is 0 Å². The van der Waals surface area contributed by atoms with Gasteiger partial charge in [-0.1, -0.05) is 72.6 Å². The Morgan fingerprint density at radius 1 is 1.00 bits per heavy atom. The summed E-state index contributed by atoms with van der Waals surface area (Å²) in [4.78, 5) is 12.8. The predicted octanol–water partition coefficient (Wildman–Crippen LogP) is 8.06. The second-order valence-electron chi connectivity index (χ2n) is 15.3. The molecule has 4 aliphatic rings. The molecule has 1 aromatic rings. The molecule has 5 rings (SSSR count). The first-order chi connectivity index (χ1) is 18.9. The average molecular weight is 553 g/mol. The Bertz CT molecular complexity index is 1020. The Labute approximate surface area is 243 Å². The zero-order valence-corrected chi connectivity index (χ0v) is 26.1. The van der Waals surface area contributed by atoms with Crippen molar-refractivity contribution in [3.8, 4) is 0 Å². The molecule has 1 aromatic carbocycles. The molecule has 0 unspecified atom stereocenters. The molecule has 0 radical (unpaired) electrons. The number of benzene rings is 1. The largest absolute Gasteiger partial charge is 0.459 e. The third kappa shape index (κ3) is 4.97. The SMILES string of the molecule is CC[C@H](CC[C@@H](C)[C@H]1CC[C@H]2[C@@H]3C[C@@H](O)[C@@]4(O)C[C@@H](OC(=O)c5ccccc5)CC[C@]4(C)[C@H]3CC[C@]12C)C(C)C. The second kappa shape index (κ2) is 11.4. The Morgan fingerprint density at radius 3 is 2.40 bits per heavy atom. The van der Waals surface area contributed by atoms with Crippen LogP contribution in [-0.2, 0) is 4.74 Å². The summed E-state index contributed by atoms with van der Waals surface area (Å²) in [5.41, 5.74) is -0.674. The highest BCUT2D eigenvalue weighted by atomic mass is 16.5. The number of ether oxygens (including phenoxy) is 1. The minimum Gasteiger partial charge on any atom is -0.459 e. The summed E-state index contributed by atoms with van der Waals surface area (Å²) in [6.45, 7) is 14.5. The normalized spacial score (nSPS) is 42.4. The van der Waals surface area contributed by atoms with Gasteiger partial charge in [-0.2, -0.15) is 0 Å². The minimum absolute atomic E-state index is 0.334. The number of aliphatic hydroxyl groups is 2. The lowest BCUT2D eigenvalue weighted by atomic mass is 9.42. The summed E-state index contributed by atoms with van der Waals surface area (Å²) in [5.74, 6) is 4.30. The lowest BCUT2D eigenvalue weighted by Gasteiger charge is -2.65. The van der Waals surface area contributed by atoms with Gasteiger partial charge in [0.25, 0.3) is 0 Å². The number of esters is 1. The minimum atomic E-state index is -1.21. The van der Waals surface area contributed by atoms with E-state index in [4.69, 9.17) is 4.74 Å². The summed E-state index contributed by atoms with van der Waals surface area (Å²) in [5, 5.41) is 23.9. The van der Waals surface area contributed by atoms with E-state index < -0.39 is 11.7 Å². The molecule has 4 fully saturated rings. The van der Waals surface area contributed by atoms with Gasteiger partial charge in [-0.25, -0.2) is 4.79 Å². The van der Waals surface area contributed by atoms with E-state index in [-0.39, 0.29) is 17.5 Å². The molecule has 0 saturated heterocycles. The van der Waals surface area contributed by atoms with E-state index >= 15 is 0 Å². The van der Waals surface area contributed by atoms with Gasteiger partial charge in [-0.05, 0) is 110 Å². The third-order valence-electron chi connectivity index (χ3n) is 13.3. The number of fused-ring (bicyclic) bond motifs is 5. The molecule has 4 nitrogen and oxygen atoms in total. The van der Waals surface area contributed by atoms with E-state index in [1.54, 1.807) is 12.1 Å². The van der Waals surface area contributed by atoms with Crippen LogP contribution in [0.25, 0.3) is 0 Å². The van der Waals surface area contributed by atoms with Gasteiger partial charge in [0.15, 0.2) is 0 Å². The van der Waals surface area contributed by atoms with Crippen LogP contribution >= 0.6 is 0 Å². The molecule has 40 heavy (non-hydrogen) atoms. The van der Waals surface area contributed by atoms with Crippen LogP contribution in [0.4, 0.5) is 0 Å². The number of carbonyl (C=O) groups excluding carboxylic acids is 1. The van der Waals surface area contributed by atoms with Crippen molar-refractivity contribution in [2.75, 3.05) is 0 Å². The van der Waals surface area contributed by atoms with Crippen molar-refractivity contribution in [2.24, 2.45) is 52.3 Å². The van der Waals surface area contributed by atoms with Gasteiger partial charge in [-0.15, -0.1) is 0 Å². The Hall–Kier alpha value is -1.39. The van der Waals surface area contributed by atoms with Crippen molar-refractivity contribution < 1.29 is 19.7 Å². The molecule has 11 atom stereocenters. The number of aliphatic hydroxyl groups excluding tert-OH is 1. The Balaban J connectivity index is 1.28. The van der Waals surface area contributed by atoms with Crippen molar-refractivity contribution in [1.82, 2.24) is 0 Å². The Kier molecular flexibility index (Phi) is 8.54. The monoisotopic (exact) mass is 552 g/mol. The van der Waals surface area contributed by atoms with Crippen molar-refractivity contribution in [3.05, 3.63) is 35.9 Å². The smallest absolute Gasteiger partial charge is 0.338 e. The molecule has 0 amide bonds. The average Bonchev–Trinajstić information content (AvgIpc) is 3.28. The third-order valence-corrected chi connectivity index (χ3v) is 13.3. The summed E-state index contributed by atoms with van der Waals surface area (Å²) >= 11 is 0. The summed E-state index contributed by atoms with van der Waals surface area (Å²) < 4.78 is 5.90. The van der Waals surface area contributed by atoms with Crippen molar-refractivity contribution in [2.45, 2.75) is 130 Å². The zero-order chi connectivity index (χ0) is 28.9. The maximum atomic E-state index is 12.8. The fraction of sp³-hybridized carbons (Fsp3) is 0.806. The predicted molar refractivity (Wildman–Crippen MR) is 161 cm³/mol. The molecule has 0 spiro atoms. The van der Waals surface area contributed by atoms with Gasteiger partial charge < -0.3 is 14.9 Å². The van der Waals surface area contributed by atoms with Gasteiger partial charge >= 0.3 is 5.97 Å². The molecule has 0 bridgehead atoms. The van der Waals surface area contributed by atoms with Crippen LogP contribution in [0.15, 0.2) is 30.3 Å². The molecule has 0 heterocycles. The standard InChI is InChI=1S/C36H56O4/c1-7-25(23(2)3)14-13-24(4)29-15-16-30-28-21-32(37)36(39)22-27(40-33(38)26-11-9-8-10-12-26)17-20-35(36,6)31(28)18-19-34(29,30)5/h8-12,23-25,27-32,37,39H,7,13-22H2,1-6H3/t24-,25-,27+,28+,29-,30+,31+,32-,34-,35-,36+/m1/s1. The fourth-order valence-electron chi connectivity index (χ4n) is 10.8. The topological polar surface area (TPSA) is 66.8 Å². The van der Waals surface area contributed by atoms with E-state index in [1.807, 2.05) is 18.2 Å². The van der Waals surface area contributed by atoms with Gasteiger partial charge in [0.2, 0.25) is 0 Å². The molecule has 2 N–H and O–H groups in total. The number of rotatable bonds is 8. The maximum absolute atomic E-state index is 12.8. The fourth-order valence-corrected chi connectivity index (χ4v) is 10.8. The van der Waals surface area contributed by atoms with Crippen LogP contribution in [-0.4, -0.2) is 34.0 Å². The highest BCUT2D eigenvalue weighted by molar-refractivity contribution is 5.89.